The van der Waals surface area contributed by atoms with Gasteiger partial charge in [-0.15, -0.1) is 0 Å². The van der Waals surface area contributed by atoms with E-state index in [0.717, 1.165) is 5.56 Å². The summed E-state index contributed by atoms with van der Waals surface area (Å²) in [6.45, 7) is 10.6. The number of amides is 4. The van der Waals surface area contributed by atoms with Crippen LogP contribution < -0.4 is 21.3 Å². The topological polar surface area (TPSA) is 135 Å². The molecule has 0 aromatic heterocycles. The summed E-state index contributed by atoms with van der Waals surface area (Å²) in [6, 6.07) is 6.98. The van der Waals surface area contributed by atoms with Crippen LogP contribution >= 0.6 is 0 Å². The van der Waals surface area contributed by atoms with Crippen molar-refractivity contribution in [3.8, 4) is 0 Å². The van der Waals surface area contributed by atoms with E-state index < -0.39 is 23.4 Å². The van der Waals surface area contributed by atoms with Crippen molar-refractivity contribution in [2.24, 2.45) is 0 Å². The highest BCUT2D eigenvalue weighted by Crippen LogP contribution is 2.11. The van der Waals surface area contributed by atoms with Crippen molar-refractivity contribution in [1.29, 1.82) is 0 Å². The molecule has 0 unspecified atom stereocenters. The maximum atomic E-state index is 12.1. The minimum atomic E-state index is -0.668. The molecule has 1 aromatic carbocycles. The second-order valence-corrected chi connectivity index (χ2v) is 9.06. The summed E-state index contributed by atoms with van der Waals surface area (Å²) in [5.41, 5.74) is 0.0804. The van der Waals surface area contributed by atoms with Crippen LogP contribution in [0.1, 0.15) is 53.5 Å². The molecule has 4 N–H and O–H groups in total. The van der Waals surface area contributed by atoms with E-state index in [0.29, 0.717) is 5.69 Å². The van der Waals surface area contributed by atoms with Crippen LogP contribution in [0.25, 0.3) is 0 Å². The molecule has 0 heterocycles. The van der Waals surface area contributed by atoms with Crippen molar-refractivity contribution >= 4 is 29.7 Å². The highest BCUT2D eigenvalue weighted by Gasteiger charge is 2.17. The lowest BCUT2D eigenvalue weighted by molar-refractivity contribution is -0.120. The summed E-state index contributed by atoms with van der Waals surface area (Å²) >= 11 is 0. The Kier molecular flexibility index (Phi) is 9.96. The van der Waals surface area contributed by atoms with E-state index in [1.54, 1.807) is 65.8 Å². The first-order valence-electron chi connectivity index (χ1n) is 10.3. The van der Waals surface area contributed by atoms with Gasteiger partial charge in [-0.05, 0) is 59.2 Å². The molecule has 0 saturated carbocycles. The molecule has 10 heteroatoms. The van der Waals surface area contributed by atoms with Crippen LogP contribution in [-0.2, 0) is 25.6 Å². The summed E-state index contributed by atoms with van der Waals surface area (Å²) in [7, 11) is 0. The highest BCUT2D eigenvalue weighted by molar-refractivity contribution is 5.91. The van der Waals surface area contributed by atoms with E-state index >= 15 is 0 Å². The number of nitrogens with one attached hydrogen (secondary N) is 4. The van der Waals surface area contributed by atoms with Crippen LogP contribution in [-0.4, -0.2) is 48.3 Å². The number of carbonyl (C=O) groups is 4. The summed E-state index contributed by atoms with van der Waals surface area (Å²) in [4.78, 5) is 47.2. The molecule has 32 heavy (non-hydrogen) atoms. The molecule has 1 aromatic rings. The van der Waals surface area contributed by atoms with Crippen LogP contribution in [0.5, 0.6) is 0 Å². The van der Waals surface area contributed by atoms with Gasteiger partial charge in [0.25, 0.3) is 0 Å². The zero-order valence-electron chi connectivity index (χ0n) is 19.6. The SMILES string of the molecule is CC(C)(C)OC(=O)NCCC(=O)Nc1cccc(CNC(=O)CNC(=O)OC(C)(C)C)c1. The van der Waals surface area contributed by atoms with Gasteiger partial charge in [0.15, 0.2) is 0 Å². The predicted octanol–water partition coefficient (Wildman–Crippen LogP) is 2.68. The minimum absolute atomic E-state index is 0.0799. The van der Waals surface area contributed by atoms with Gasteiger partial charge in [0, 0.05) is 25.2 Å². The number of hydrogen-bond donors (Lipinski definition) is 4. The maximum absolute atomic E-state index is 12.1. The van der Waals surface area contributed by atoms with Crippen molar-refractivity contribution in [1.82, 2.24) is 16.0 Å². The Morgan fingerprint density at radius 1 is 0.812 bits per heavy atom. The lowest BCUT2D eigenvalue weighted by Crippen LogP contribution is -2.39. The molecule has 0 fully saturated rings. The first-order valence-corrected chi connectivity index (χ1v) is 10.3. The average Bonchev–Trinajstić information content (AvgIpc) is 2.62. The second kappa shape index (κ2) is 11.9. The Morgan fingerprint density at radius 3 is 2.00 bits per heavy atom. The standard InChI is InChI=1S/C22H34N4O6/c1-21(2,3)31-19(29)23-11-10-17(27)26-16-9-7-8-15(12-16)13-24-18(28)14-25-20(30)32-22(4,5)6/h7-9,12H,10-11,13-14H2,1-6H3,(H,23,29)(H,24,28)(H,25,30)(H,26,27). The van der Waals surface area contributed by atoms with Gasteiger partial charge in [0.1, 0.15) is 17.7 Å². The molecular formula is C22H34N4O6. The van der Waals surface area contributed by atoms with Gasteiger partial charge in [-0.1, -0.05) is 12.1 Å². The molecule has 4 amide bonds. The number of benzene rings is 1. The van der Waals surface area contributed by atoms with Gasteiger partial charge in [0.05, 0.1) is 0 Å². The van der Waals surface area contributed by atoms with E-state index in [1.165, 1.54) is 0 Å². The summed E-state index contributed by atoms with van der Waals surface area (Å²) < 4.78 is 10.2. The maximum Gasteiger partial charge on any atom is 0.408 e. The van der Waals surface area contributed by atoms with Crippen LogP contribution in [0.15, 0.2) is 24.3 Å². The van der Waals surface area contributed by atoms with Crippen molar-refractivity contribution < 1.29 is 28.7 Å². The van der Waals surface area contributed by atoms with E-state index in [1.807, 2.05) is 0 Å². The number of ether oxygens (including phenoxy) is 2. The molecule has 0 aliphatic rings. The van der Waals surface area contributed by atoms with Crippen molar-refractivity contribution in [2.75, 3.05) is 18.4 Å². The van der Waals surface area contributed by atoms with Crippen LogP contribution in [0.4, 0.5) is 15.3 Å². The van der Waals surface area contributed by atoms with E-state index in [9.17, 15) is 19.2 Å². The molecule has 1 rings (SSSR count). The third-order valence-electron chi connectivity index (χ3n) is 3.51. The highest BCUT2D eigenvalue weighted by atomic mass is 16.6. The van der Waals surface area contributed by atoms with Crippen molar-refractivity contribution in [2.45, 2.75) is 65.7 Å². The second-order valence-electron chi connectivity index (χ2n) is 9.06. The monoisotopic (exact) mass is 450 g/mol. The average molecular weight is 451 g/mol. The number of anilines is 1. The fourth-order valence-corrected chi connectivity index (χ4v) is 2.30. The molecular weight excluding hydrogens is 416 g/mol. The molecule has 0 bridgehead atoms. The van der Waals surface area contributed by atoms with Gasteiger partial charge in [0.2, 0.25) is 11.8 Å². The van der Waals surface area contributed by atoms with Gasteiger partial charge in [-0.2, -0.15) is 0 Å². The number of hydrogen-bond acceptors (Lipinski definition) is 6. The molecule has 0 aliphatic carbocycles. The molecule has 178 valence electrons. The molecule has 0 radical (unpaired) electrons. The fraction of sp³-hybridized carbons (Fsp3) is 0.545. The Bertz CT molecular complexity index is 811. The Morgan fingerprint density at radius 2 is 1.41 bits per heavy atom. The summed E-state index contributed by atoms with van der Waals surface area (Å²) in [5.74, 6) is -0.651. The zero-order chi connectivity index (χ0) is 24.4. The number of carbonyl (C=O) groups excluding carboxylic acids is 4. The fourth-order valence-electron chi connectivity index (χ4n) is 2.30. The normalized spacial score (nSPS) is 11.2. The molecule has 0 atom stereocenters. The largest absolute Gasteiger partial charge is 0.444 e. The van der Waals surface area contributed by atoms with E-state index in [-0.39, 0.29) is 37.9 Å². The minimum Gasteiger partial charge on any atom is -0.444 e. The van der Waals surface area contributed by atoms with Gasteiger partial charge in [-0.3, -0.25) is 9.59 Å². The molecule has 10 nitrogen and oxygen atoms in total. The van der Waals surface area contributed by atoms with Crippen LogP contribution in [0.2, 0.25) is 0 Å². The summed E-state index contributed by atoms with van der Waals surface area (Å²) in [5, 5.41) is 10.3. The van der Waals surface area contributed by atoms with E-state index in [4.69, 9.17) is 9.47 Å². The first-order chi connectivity index (χ1) is 14.7. The Balaban J connectivity index is 2.38. The van der Waals surface area contributed by atoms with Gasteiger partial charge >= 0.3 is 12.2 Å². The van der Waals surface area contributed by atoms with Gasteiger partial charge < -0.3 is 30.7 Å². The van der Waals surface area contributed by atoms with Crippen molar-refractivity contribution in [3.63, 3.8) is 0 Å². The smallest absolute Gasteiger partial charge is 0.408 e. The Labute approximate surface area is 188 Å². The van der Waals surface area contributed by atoms with Crippen molar-refractivity contribution in [3.05, 3.63) is 29.8 Å². The quantitative estimate of drug-likeness (QED) is 0.481. The summed E-state index contributed by atoms with van der Waals surface area (Å²) in [6.07, 6.45) is -1.17. The number of rotatable bonds is 8. The van der Waals surface area contributed by atoms with Gasteiger partial charge in [-0.25, -0.2) is 9.59 Å². The molecule has 0 spiro atoms. The number of alkyl carbamates (subject to hydrolysis) is 2. The Hall–Kier alpha value is -3.30. The third-order valence-corrected chi connectivity index (χ3v) is 3.51. The van der Waals surface area contributed by atoms with Crippen LogP contribution in [0, 0.1) is 0 Å². The van der Waals surface area contributed by atoms with Crippen LogP contribution in [0.3, 0.4) is 0 Å². The first kappa shape index (κ1) is 26.7. The third kappa shape index (κ3) is 13.1. The lowest BCUT2D eigenvalue weighted by atomic mass is 10.2. The molecule has 0 aliphatic heterocycles. The lowest BCUT2D eigenvalue weighted by Gasteiger charge is -2.19. The zero-order valence-corrected chi connectivity index (χ0v) is 19.6. The van der Waals surface area contributed by atoms with E-state index in [2.05, 4.69) is 21.3 Å². The predicted molar refractivity (Wildman–Crippen MR) is 120 cm³/mol. The molecule has 0 saturated heterocycles.